The number of nitrogens with zero attached hydrogens (tertiary/aromatic N) is 2. The van der Waals surface area contributed by atoms with Gasteiger partial charge in [-0.15, -0.1) is 0 Å². The van der Waals surface area contributed by atoms with Gasteiger partial charge in [0.05, 0.1) is 6.61 Å². The van der Waals surface area contributed by atoms with Crippen LogP contribution in [-0.4, -0.2) is 27.8 Å². The normalized spacial score (nSPS) is 11.9. The number of thiocarbonyl (C=S) groups is 1. The Kier molecular flexibility index (Phi) is 5.02. The fourth-order valence-electron chi connectivity index (χ4n) is 1.83. The smallest absolute Gasteiger partial charge is 0.253 e. The molecule has 2 aromatic rings. The van der Waals surface area contributed by atoms with Crippen molar-refractivity contribution in [2.45, 2.75) is 12.8 Å². The fourth-order valence-corrected chi connectivity index (χ4v) is 1.99. The minimum atomic E-state index is -0.652. The second-order valence-corrected chi connectivity index (χ2v) is 4.87. The molecular weight excluding hydrogens is 288 g/mol. The Morgan fingerprint density at radius 2 is 2.19 bits per heavy atom. The summed E-state index contributed by atoms with van der Waals surface area (Å²) >= 11 is 4.97. The molecule has 0 aliphatic carbocycles. The molecule has 1 atom stereocenters. The number of nitrogens with one attached hydrogen (secondary N) is 1. The number of hydrogen-bond donors (Lipinski definition) is 2. The van der Waals surface area contributed by atoms with Gasteiger partial charge in [-0.1, -0.05) is 24.4 Å². The molecule has 0 aliphatic rings. The van der Waals surface area contributed by atoms with E-state index in [-0.39, 0.29) is 10.9 Å². The zero-order valence-corrected chi connectivity index (χ0v) is 12.3. The monoisotopic (exact) mass is 304 g/mol. The molecule has 21 heavy (non-hydrogen) atoms. The van der Waals surface area contributed by atoms with Crippen molar-refractivity contribution in [3.8, 4) is 0 Å². The van der Waals surface area contributed by atoms with Gasteiger partial charge in [0.15, 0.2) is 6.17 Å². The van der Waals surface area contributed by atoms with E-state index < -0.39 is 6.17 Å². The summed E-state index contributed by atoms with van der Waals surface area (Å²) in [5, 5.41) is 6.79. The average molecular weight is 304 g/mol. The summed E-state index contributed by atoms with van der Waals surface area (Å²) in [5.41, 5.74) is 7.17. The molecule has 1 unspecified atom stereocenters. The Morgan fingerprint density at radius 3 is 2.71 bits per heavy atom. The van der Waals surface area contributed by atoms with E-state index in [0.29, 0.717) is 12.2 Å². The van der Waals surface area contributed by atoms with Gasteiger partial charge in [-0.25, -0.2) is 4.68 Å². The molecule has 110 valence electrons. The van der Waals surface area contributed by atoms with E-state index in [1.54, 1.807) is 37.7 Å². The summed E-state index contributed by atoms with van der Waals surface area (Å²) in [6.45, 7) is 0.505. The van der Waals surface area contributed by atoms with Gasteiger partial charge in [-0.3, -0.25) is 4.79 Å². The van der Waals surface area contributed by atoms with Crippen LogP contribution in [-0.2, 0) is 11.3 Å². The van der Waals surface area contributed by atoms with Gasteiger partial charge in [-0.2, -0.15) is 5.10 Å². The summed E-state index contributed by atoms with van der Waals surface area (Å²) < 4.78 is 6.53. The van der Waals surface area contributed by atoms with E-state index in [9.17, 15) is 4.79 Å². The molecule has 1 aromatic heterocycles. The molecule has 6 nitrogen and oxygen atoms in total. The largest absolute Gasteiger partial charge is 0.390 e. The molecule has 1 aromatic carbocycles. The molecule has 1 heterocycles. The number of carbonyl (C=O) groups excluding carboxylic acids is 1. The fraction of sp³-hybridized carbons (Fsp3) is 0.214. The van der Waals surface area contributed by atoms with Gasteiger partial charge in [0.25, 0.3) is 5.91 Å². The van der Waals surface area contributed by atoms with E-state index >= 15 is 0 Å². The predicted molar refractivity (Wildman–Crippen MR) is 82.7 cm³/mol. The molecule has 3 N–H and O–H groups in total. The van der Waals surface area contributed by atoms with Crippen LogP contribution < -0.4 is 11.1 Å². The third-order valence-electron chi connectivity index (χ3n) is 2.85. The molecule has 7 heteroatoms. The standard InChI is InChI=1S/C14H16N4O2S/c1-20-9-10-3-5-11(6-4-10)14(19)17-13(12(15)21)18-8-2-7-16-18/h2-8,13H,9H2,1H3,(H2,15,21)(H,17,19). The van der Waals surface area contributed by atoms with E-state index in [1.165, 1.54) is 4.68 Å². The average Bonchev–Trinajstić information content (AvgIpc) is 2.99. The zero-order valence-electron chi connectivity index (χ0n) is 11.5. The van der Waals surface area contributed by atoms with Crippen LogP contribution in [0.4, 0.5) is 0 Å². The van der Waals surface area contributed by atoms with Gasteiger partial charge in [0.2, 0.25) is 0 Å². The maximum Gasteiger partial charge on any atom is 0.253 e. The number of methoxy groups -OCH3 is 1. The van der Waals surface area contributed by atoms with Crippen molar-refractivity contribution in [1.29, 1.82) is 0 Å². The minimum absolute atomic E-state index is 0.142. The number of amides is 1. The Bertz CT molecular complexity index is 610. The number of carbonyl (C=O) groups is 1. The van der Waals surface area contributed by atoms with Crippen molar-refractivity contribution in [1.82, 2.24) is 15.1 Å². The highest BCUT2D eigenvalue weighted by Crippen LogP contribution is 2.08. The molecule has 2 rings (SSSR count). The van der Waals surface area contributed by atoms with Crippen LogP contribution in [0.5, 0.6) is 0 Å². The lowest BCUT2D eigenvalue weighted by Gasteiger charge is -2.18. The van der Waals surface area contributed by atoms with E-state index in [0.717, 1.165) is 5.56 Å². The summed E-state index contributed by atoms with van der Waals surface area (Å²) in [5.74, 6) is -0.271. The van der Waals surface area contributed by atoms with Crippen molar-refractivity contribution in [3.63, 3.8) is 0 Å². The molecule has 0 saturated carbocycles. The zero-order chi connectivity index (χ0) is 15.2. The number of aromatic nitrogens is 2. The van der Waals surface area contributed by atoms with Crippen molar-refractivity contribution < 1.29 is 9.53 Å². The molecule has 0 aliphatic heterocycles. The molecule has 0 fully saturated rings. The number of ether oxygens (including phenoxy) is 1. The Balaban J connectivity index is 2.10. The van der Waals surface area contributed by atoms with Gasteiger partial charge < -0.3 is 15.8 Å². The first-order valence-corrected chi connectivity index (χ1v) is 6.70. The molecule has 1 amide bonds. The van der Waals surface area contributed by atoms with Crippen LogP contribution in [0.3, 0.4) is 0 Å². The van der Waals surface area contributed by atoms with Crippen LogP contribution in [0.15, 0.2) is 42.7 Å². The molecule has 0 saturated heterocycles. The maximum absolute atomic E-state index is 12.2. The summed E-state index contributed by atoms with van der Waals surface area (Å²) in [4.78, 5) is 12.4. The SMILES string of the molecule is COCc1ccc(C(=O)NC(C(N)=S)n2cccn2)cc1. The summed E-state index contributed by atoms with van der Waals surface area (Å²) in [7, 11) is 1.62. The summed E-state index contributed by atoms with van der Waals surface area (Å²) in [6.07, 6.45) is 2.63. The molecule has 0 bridgehead atoms. The molecule has 0 spiro atoms. The number of nitrogens with two attached hydrogens (primary N) is 1. The highest BCUT2D eigenvalue weighted by Gasteiger charge is 2.18. The third-order valence-corrected chi connectivity index (χ3v) is 3.08. The first kappa shape index (κ1) is 15.1. The Morgan fingerprint density at radius 1 is 1.48 bits per heavy atom. The number of benzene rings is 1. The number of rotatable bonds is 6. The van der Waals surface area contributed by atoms with E-state index in [1.807, 2.05) is 12.1 Å². The quantitative estimate of drug-likeness (QED) is 0.785. The van der Waals surface area contributed by atoms with E-state index in [2.05, 4.69) is 10.4 Å². The third kappa shape index (κ3) is 3.87. The van der Waals surface area contributed by atoms with Crippen LogP contribution in [0.1, 0.15) is 22.1 Å². The van der Waals surface area contributed by atoms with Gasteiger partial charge in [0, 0.05) is 25.1 Å². The van der Waals surface area contributed by atoms with Crippen LogP contribution in [0, 0.1) is 0 Å². The second kappa shape index (κ2) is 6.96. The first-order chi connectivity index (χ1) is 10.1. The number of hydrogen-bond acceptors (Lipinski definition) is 4. The van der Waals surface area contributed by atoms with Crippen LogP contribution in [0.25, 0.3) is 0 Å². The predicted octanol–water partition coefficient (Wildman–Crippen LogP) is 1.24. The lowest BCUT2D eigenvalue weighted by Crippen LogP contribution is -2.40. The molecular formula is C14H16N4O2S. The van der Waals surface area contributed by atoms with Crippen molar-refractivity contribution in [2.75, 3.05) is 7.11 Å². The lowest BCUT2D eigenvalue weighted by molar-refractivity contribution is 0.0933. The van der Waals surface area contributed by atoms with Crippen LogP contribution >= 0.6 is 12.2 Å². The molecule has 0 radical (unpaired) electrons. The van der Waals surface area contributed by atoms with Crippen molar-refractivity contribution in [3.05, 3.63) is 53.9 Å². The van der Waals surface area contributed by atoms with Crippen molar-refractivity contribution >= 4 is 23.1 Å². The minimum Gasteiger partial charge on any atom is -0.390 e. The first-order valence-electron chi connectivity index (χ1n) is 6.29. The van der Waals surface area contributed by atoms with Crippen molar-refractivity contribution in [2.24, 2.45) is 5.73 Å². The maximum atomic E-state index is 12.2. The van der Waals surface area contributed by atoms with Crippen LogP contribution in [0.2, 0.25) is 0 Å². The summed E-state index contributed by atoms with van der Waals surface area (Å²) in [6, 6.07) is 8.86. The second-order valence-electron chi connectivity index (χ2n) is 4.39. The Hall–Kier alpha value is -2.25. The van der Waals surface area contributed by atoms with Gasteiger partial charge in [-0.05, 0) is 23.8 Å². The topological polar surface area (TPSA) is 82.2 Å². The highest BCUT2D eigenvalue weighted by atomic mass is 32.1. The van der Waals surface area contributed by atoms with E-state index in [4.69, 9.17) is 22.7 Å². The Labute approximate surface area is 127 Å². The van der Waals surface area contributed by atoms with Gasteiger partial charge >= 0.3 is 0 Å². The van der Waals surface area contributed by atoms with Gasteiger partial charge in [0.1, 0.15) is 4.99 Å². The lowest BCUT2D eigenvalue weighted by atomic mass is 10.1. The highest BCUT2D eigenvalue weighted by molar-refractivity contribution is 7.80.